The highest BCUT2D eigenvalue weighted by molar-refractivity contribution is 5.78. The van der Waals surface area contributed by atoms with Crippen LogP contribution in [0.15, 0.2) is 66.0 Å². The van der Waals surface area contributed by atoms with E-state index in [1.807, 2.05) is 37.0 Å². The second kappa shape index (κ2) is 9.69. The van der Waals surface area contributed by atoms with Crippen molar-refractivity contribution in [3.05, 3.63) is 77.1 Å². The lowest BCUT2D eigenvalue weighted by Crippen LogP contribution is -2.52. The monoisotopic (exact) mass is 421 g/mol. The van der Waals surface area contributed by atoms with Gasteiger partial charge in [-0.05, 0) is 48.6 Å². The Bertz CT molecular complexity index is 916. The van der Waals surface area contributed by atoms with E-state index in [4.69, 9.17) is 9.47 Å². The topological polar surface area (TPSA) is 38.8 Å². The van der Waals surface area contributed by atoms with E-state index in [2.05, 4.69) is 45.2 Å². The molecule has 1 unspecified atom stereocenters. The lowest BCUT2D eigenvalue weighted by atomic mass is 9.98. The summed E-state index contributed by atoms with van der Waals surface area (Å²) in [6.07, 6.45) is 6.33. The molecule has 0 N–H and O–H groups in total. The summed E-state index contributed by atoms with van der Waals surface area (Å²) in [6.45, 7) is 18.3. The molecule has 0 aliphatic carbocycles. The van der Waals surface area contributed by atoms with Crippen molar-refractivity contribution in [3.63, 3.8) is 0 Å². The zero-order valence-electron chi connectivity index (χ0n) is 19.4. The smallest absolute Gasteiger partial charge is 0.225 e. The number of carbonyl (C=O) groups is 1. The number of hydrogen-bond donors (Lipinski definition) is 0. The largest absolute Gasteiger partial charge is 0.462 e. The third kappa shape index (κ3) is 5.37. The Morgan fingerprint density at radius 2 is 1.97 bits per heavy atom. The quantitative estimate of drug-likeness (QED) is 0.564. The van der Waals surface area contributed by atoms with E-state index in [1.54, 1.807) is 0 Å². The number of amides is 1. The van der Waals surface area contributed by atoms with Gasteiger partial charge in [0.15, 0.2) is 0 Å². The molecule has 0 aromatic heterocycles. The molecule has 2 heterocycles. The van der Waals surface area contributed by atoms with Gasteiger partial charge in [-0.1, -0.05) is 57.3 Å². The molecule has 2 aliphatic rings. The highest BCUT2D eigenvalue weighted by Crippen LogP contribution is 2.37. The number of allylic oxidation sites excluding steroid dienone is 3. The van der Waals surface area contributed by atoms with Crippen LogP contribution >= 0.6 is 0 Å². The summed E-state index contributed by atoms with van der Waals surface area (Å²) in [5.74, 6) is 0.250. The molecule has 166 valence electrons. The van der Waals surface area contributed by atoms with Crippen LogP contribution in [0.25, 0.3) is 6.08 Å². The number of nitrogens with zero attached hydrogens (tertiary/aromatic N) is 1. The summed E-state index contributed by atoms with van der Waals surface area (Å²) in [7, 11) is 0. The minimum absolute atomic E-state index is 0.0636. The van der Waals surface area contributed by atoms with Crippen LogP contribution < -0.4 is 0 Å². The molecule has 2 saturated heterocycles. The first-order valence-electron chi connectivity index (χ1n) is 11.2. The predicted molar refractivity (Wildman–Crippen MR) is 126 cm³/mol. The molecule has 1 amide bonds. The van der Waals surface area contributed by atoms with Gasteiger partial charge in [-0.3, -0.25) is 4.79 Å². The van der Waals surface area contributed by atoms with E-state index in [9.17, 15) is 4.79 Å². The van der Waals surface area contributed by atoms with Gasteiger partial charge >= 0.3 is 0 Å². The minimum Gasteiger partial charge on any atom is -0.462 e. The van der Waals surface area contributed by atoms with E-state index in [1.165, 1.54) is 11.1 Å². The number of aryl methyl sites for hydroxylation is 1. The van der Waals surface area contributed by atoms with E-state index in [-0.39, 0.29) is 11.8 Å². The van der Waals surface area contributed by atoms with Gasteiger partial charge < -0.3 is 14.4 Å². The second-order valence-corrected chi connectivity index (χ2v) is 8.74. The molecule has 3 rings (SSSR count). The van der Waals surface area contributed by atoms with Gasteiger partial charge in [0.1, 0.15) is 5.76 Å². The van der Waals surface area contributed by atoms with Crippen LogP contribution in [-0.4, -0.2) is 36.3 Å². The van der Waals surface area contributed by atoms with Gasteiger partial charge in [0.2, 0.25) is 11.7 Å². The van der Waals surface area contributed by atoms with Crippen molar-refractivity contribution < 1.29 is 14.3 Å². The van der Waals surface area contributed by atoms with Crippen LogP contribution in [0, 0.1) is 12.8 Å². The maximum absolute atomic E-state index is 12.5. The summed E-state index contributed by atoms with van der Waals surface area (Å²) in [5, 5.41) is 0. The highest BCUT2D eigenvalue weighted by atomic mass is 16.7. The number of piperidine rings is 1. The molecule has 4 nitrogen and oxygen atoms in total. The molecule has 2 fully saturated rings. The van der Waals surface area contributed by atoms with Crippen molar-refractivity contribution in [1.29, 1.82) is 0 Å². The summed E-state index contributed by atoms with van der Waals surface area (Å²) >= 11 is 0. The summed E-state index contributed by atoms with van der Waals surface area (Å²) in [6, 6.07) is 8.29. The fourth-order valence-corrected chi connectivity index (χ4v) is 3.93. The number of ether oxygens (including phenoxy) is 2. The van der Waals surface area contributed by atoms with Gasteiger partial charge in [0, 0.05) is 37.4 Å². The summed E-state index contributed by atoms with van der Waals surface area (Å²) in [4.78, 5) is 14.4. The average molecular weight is 422 g/mol. The van der Waals surface area contributed by atoms with E-state index >= 15 is 0 Å². The van der Waals surface area contributed by atoms with Crippen molar-refractivity contribution >= 4 is 12.0 Å². The number of carbonyl (C=O) groups excluding carboxylic acids is 1. The molecule has 4 heteroatoms. The van der Waals surface area contributed by atoms with Crippen molar-refractivity contribution in [2.75, 3.05) is 19.7 Å². The SMILES string of the molecule is C=C1OC2(CCN(C(=O)C(C)CC)CC2)OC/C1=C/C(=C)/C(C)=C/c1ccccc1C. The van der Waals surface area contributed by atoms with Crippen molar-refractivity contribution in [1.82, 2.24) is 4.90 Å². The Hall–Kier alpha value is -2.59. The van der Waals surface area contributed by atoms with Crippen molar-refractivity contribution in [2.24, 2.45) is 5.92 Å². The molecule has 2 aliphatic heterocycles. The maximum Gasteiger partial charge on any atom is 0.225 e. The molecule has 31 heavy (non-hydrogen) atoms. The van der Waals surface area contributed by atoms with Crippen LogP contribution in [-0.2, 0) is 14.3 Å². The fraction of sp³-hybridized carbons (Fsp3) is 0.444. The maximum atomic E-state index is 12.5. The fourth-order valence-electron chi connectivity index (χ4n) is 3.93. The molecule has 1 spiro atoms. The molecular weight excluding hydrogens is 386 g/mol. The third-order valence-corrected chi connectivity index (χ3v) is 6.44. The number of hydrogen-bond acceptors (Lipinski definition) is 3. The van der Waals surface area contributed by atoms with Crippen molar-refractivity contribution in [3.8, 4) is 0 Å². The zero-order valence-corrected chi connectivity index (χ0v) is 19.4. The number of rotatable bonds is 5. The van der Waals surface area contributed by atoms with Gasteiger partial charge in [0.25, 0.3) is 0 Å². The number of likely N-dealkylation sites (tertiary alicyclic amines) is 1. The first kappa shape index (κ1) is 23.1. The first-order chi connectivity index (χ1) is 14.7. The van der Waals surface area contributed by atoms with Gasteiger partial charge in [-0.2, -0.15) is 0 Å². The Morgan fingerprint density at radius 1 is 1.29 bits per heavy atom. The molecule has 1 aromatic rings. The second-order valence-electron chi connectivity index (χ2n) is 8.74. The van der Waals surface area contributed by atoms with Crippen LogP contribution in [0.3, 0.4) is 0 Å². The summed E-state index contributed by atoms with van der Waals surface area (Å²) in [5.41, 5.74) is 5.33. The lowest BCUT2D eigenvalue weighted by Gasteiger charge is -2.45. The zero-order chi connectivity index (χ0) is 22.6. The number of benzene rings is 1. The van der Waals surface area contributed by atoms with Gasteiger partial charge in [-0.25, -0.2) is 0 Å². The van der Waals surface area contributed by atoms with Gasteiger partial charge in [0.05, 0.1) is 6.61 Å². The molecule has 0 bridgehead atoms. The lowest BCUT2D eigenvalue weighted by molar-refractivity contribution is -0.246. The van der Waals surface area contributed by atoms with E-state index < -0.39 is 5.79 Å². The van der Waals surface area contributed by atoms with Crippen LogP contribution in [0.1, 0.15) is 51.2 Å². The van der Waals surface area contributed by atoms with E-state index in [0.29, 0.717) is 38.3 Å². The van der Waals surface area contributed by atoms with Gasteiger partial charge in [-0.15, -0.1) is 0 Å². The van der Waals surface area contributed by atoms with Crippen LogP contribution in [0.2, 0.25) is 0 Å². The Morgan fingerprint density at radius 3 is 2.58 bits per heavy atom. The molecule has 1 atom stereocenters. The van der Waals surface area contributed by atoms with Crippen molar-refractivity contribution in [2.45, 2.75) is 52.7 Å². The third-order valence-electron chi connectivity index (χ3n) is 6.44. The Kier molecular flexibility index (Phi) is 7.22. The standard InChI is InChI=1S/C27H35NO3/c1-7-19(2)26(29)28-14-12-27(13-15-28)30-18-25(23(6)31-27)17-22(5)21(4)16-24-11-9-8-10-20(24)3/h8-11,16-17,19H,5-7,12-15,18H2,1-4H3/b21-16+,25-17-. The molecule has 0 saturated carbocycles. The molecule has 0 radical (unpaired) electrons. The Balaban J connectivity index is 1.62. The first-order valence-corrected chi connectivity index (χ1v) is 11.2. The molecular formula is C27H35NO3. The average Bonchev–Trinajstić information content (AvgIpc) is 2.76. The molecule has 1 aromatic carbocycles. The summed E-state index contributed by atoms with van der Waals surface area (Å²) < 4.78 is 12.3. The minimum atomic E-state index is -0.673. The van der Waals surface area contributed by atoms with E-state index in [0.717, 1.165) is 23.1 Å². The van der Waals surface area contributed by atoms with Crippen LogP contribution in [0.5, 0.6) is 0 Å². The Labute approximate surface area is 186 Å². The normalized spacial score (nSPS) is 21.2. The highest BCUT2D eigenvalue weighted by Gasteiger charge is 2.42. The predicted octanol–water partition coefficient (Wildman–Crippen LogP) is 5.81. The van der Waals surface area contributed by atoms with Crippen LogP contribution in [0.4, 0.5) is 0 Å².